The molecule has 1 aliphatic heterocycles. The highest BCUT2D eigenvalue weighted by Crippen LogP contribution is 2.26. The Morgan fingerprint density at radius 3 is 2.08 bits per heavy atom. The highest BCUT2D eigenvalue weighted by Gasteiger charge is 2.39. The second-order valence-electron chi connectivity index (χ2n) is 13.1. The number of nitrogens with one attached hydrogen (secondary N) is 4. The average Bonchev–Trinajstić information content (AvgIpc) is 3.33. The third-order valence-corrected chi connectivity index (χ3v) is 7.70. The predicted molar refractivity (Wildman–Crippen MR) is 185 cm³/mol. The Labute approximate surface area is 290 Å². The largest absolute Gasteiger partial charge is 0.461 e. The van der Waals surface area contributed by atoms with E-state index in [1.54, 1.807) is 52.0 Å². The SMILES string of the molecule is CC(C)C(=O)OCc1ccc(NC(=O)CNC(=O)C(NC(=O)CCCCCN2C(=O)CC(C(C)C)C2=O)C(C)C)cc1.CCCNC(N)=O. The summed E-state index contributed by atoms with van der Waals surface area (Å²) in [6, 6.07) is 5.59. The molecular formula is C35H56N6O8. The Kier molecular flexibility index (Phi) is 19.3. The van der Waals surface area contributed by atoms with E-state index in [1.807, 2.05) is 20.8 Å². The molecule has 0 spiro atoms. The second-order valence-corrected chi connectivity index (χ2v) is 13.1. The van der Waals surface area contributed by atoms with Crippen molar-refractivity contribution in [1.29, 1.82) is 0 Å². The van der Waals surface area contributed by atoms with E-state index < -0.39 is 23.9 Å². The number of benzene rings is 1. The number of nitrogens with two attached hydrogens (primary N) is 1. The zero-order chi connectivity index (χ0) is 37.1. The Morgan fingerprint density at radius 2 is 1.57 bits per heavy atom. The molecule has 6 N–H and O–H groups in total. The van der Waals surface area contributed by atoms with Crippen molar-refractivity contribution < 1.29 is 38.3 Å². The van der Waals surface area contributed by atoms with Gasteiger partial charge in [0.2, 0.25) is 29.5 Å². The maximum Gasteiger partial charge on any atom is 0.312 e. The van der Waals surface area contributed by atoms with Crippen molar-refractivity contribution in [1.82, 2.24) is 20.9 Å². The molecular weight excluding hydrogens is 632 g/mol. The number of unbranched alkanes of at least 4 members (excludes halogenated alkanes) is 2. The lowest BCUT2D eigenvalue weighted by atomic mass is 9.94. The topological polar surface area (TPSA) is 206 Å². The number of rotatable bonds is 18. The number of carbonyl (C=O) groups is 7. The van der Waals surface area contributed by atoms with Crippen LogP contribution in [0.2, 0.25) is 0 Å². The molecule has 0 aliphatic carbocycles. The first-order valence-corrected chi connectivity index (χ1v) is 17.1. The van der Waals surface area contributed by atoms with E-state index in [1.165, 1.54) is 4.90 Å². The molecule has 0 aromatic heterocycles. The molecule has 1 saturated heterocycles. The van der Waals surface area contributed by atoms with E-state index in [0.717, 1.165) is 12.0 Å². The molecule has 49 heavy (non-hydrogen) atoms. The van der Waals surface area contributed by atoms with Crippen molar-refractivity contribution in [3.8, 4) is 0 Å². The molecule has 7 amide bonds. The van der Waals surface area contributed by atoms with Crippen LogP contribution in [0.15, 0.2) is 24.3 Å². The second kappa shape index (κ2) is 22.2. The predicted octanol–water partition coefficient (Wildman–Crippen LogP) is 3.24. The lowest BCUT2D eigenvalue weighted by Gasteiger charge is -2.21. The van der Waals surface area contributed by atoms with E-state index in [2.05, 4.69) is 21.3 Å². The van der Waals surface area contributed by atoms with E-state index in [4.69, 9.17) is 10.5 Å². The van der Waals surface area contributed by atoms with Crippen LogP contribution < -0.4 is 27.0 Å². The van der Waals surface area contributed by atoms with Gasteiger partial charge in [0, 0.05) is 37.5 Å². The summed E-state index contributed by atoms with van der Waals surface area (Å²) < 4.78 is 5.18. The number of esters is 1. The van der Waals surface area contributed by atoms with Gasteiger partial charge in [-0.3, -0.25) is 33.7 Å². The van der Waals surface area contributed by atoms with Crippen molar-refractivity contribution in [2.45, 2.75) is 99.6 Å². The number of primary amides is 1. The average molecular weight is 689 g/mol. The fourth-order valence-corrected chi connectivity index (χ4v) is 4.71. The molecule has 1 aromatic rings. The smallest absolute Gasteiger partial charge is 0.312 e. The zero-order valence-corrected chi connectivity index (χ0v) is 30.1. The van der Waals surface area contributed by atoms with Crippen LogP contribution in [-0.4, -0.2) is 72.1 Å². The summed E-state index contributed by atoms with van der Waals surface area (Å²) in [7, 11) is 0. The number of nitrogens with zero attached hydrogens (tertiary/aromatic N) is 1. The normalized spacial score (nSPS) is 14.7. The molecule has 2 rings (SSSR count). The number of likely N-dealkylation sites (tertiary alicyclic amines) is 1. The Balaban J connectivity index is 0.00000154. The molecule has 1 aromatic carbocycles. The fourth-order valence-electron chi connectivity index (χ4n) is 4.71. The first-order chi connectivity index (χ1) is 23.1. The molecule has 2 unspecified atom stereocenters. The molecule has 1 heterocycles. The van der Waals surface area contributed by atoms with Crippen LogP contribution in [-0.2, 0) is 40.1 Å². The summed E-state index contributed by atoms with van der Waals surface area (Å²) in [6.07, 6.45) is 3.25. The third-order valence-electron chi connectivity index (χ3n) is 7.70. The molecule has 2 atom stereocenters. The van der Waals surface area contributed by atoms with Gasteiger partial charge in [-0.15, -0.1) is 0 Å². The minimum absolute atomic E-state index is 0.105. The van der Waals surface area contributed by atoms with Gasteiger partial charge in [-0.05, 0) is 48.8 Å². The summed E-state index contributed by atoms with van der Waals surface area (Å²) in [5.41, 5.74) is 6.04. The standard InChI is InChI=1S/C31H46N4O7.C4H10N2O/c1-19(2)24-16-27(38)35(30(24)40)15-9-7-8-10-25(36)34-28(20(3)4)29(39)32-17-26(37)33-23-13-11-22(12-14-23)18-42-31(41)21(5)6;1-2-3-6-4(5)7/h11-14,19-21,24,28H,7-10,15-18H2,1-6H3,(H,32,39)(H,33,37)(H,34,36);2-3H2,1H3,(H3,5,6,7). The van der Waals surface area contributed by atoms with Gasteiger partial charge in [0.15, 0.2) is 0 Å². The Bertz CT molecular complexity index is 1270. The van der Waals surface area contributed by atoms with Crippen molar-refractivity contribution in [3.63, 3.8) is 0 Å². The Morgan fingerprint density at radius 1 is 0.918 bits per heavy atom. The first-order valence-electron chi connectivity index (χ1n) is 17.1. The molecule has 1 aliphatic rings. The van der Waals surface area contributed by atoms with Gasteiger partial charge < -0.3 is 31.7 Å². The maximum absolute atomic E-state index is 12.7. The molecule has 0 radical (unpaired) electrons. The molecule has 0 bridgehead atoms. The van der Waals surface area contributed by atoms with Crippen LogP contribution in [0.1, 0.15) is 92.6 Å². The van der Waals surface area contributed by atoms with E-state index in [-0.39, 0.29) is 73.4 Å². The number of urea groups is 1. The van der Waals surface area contributed by atoms with Gasteiger partial charge in [-0.2, -0.15) is 0 Å². The summed E-state index contributed by atoms with van der Waals surface area (Å²) in [5.74, 6) is -2.20. The number of hydrogen-bond donors (Lipinski definition) is 5. The van der Waals surface area contributed by atoms with Crippen LogP contribution in [0.3, 0.4) is 0 Å². The lowest BCUT2D eigenvalue weighted by molar-refractivity contribution is -0.148. The Hall–Kier alpha value is -4.49. The van der Waals surface area contributed by atoms with Crippen LogP contribution in [0, 0.1) is 23.7 Å². The number of carbonyl (C=O) groups excluding carboxylic acids is 7. The van der Waals surface area contributed by atoms with Crippen LogP contribution in [0.5, 0.6) is 0 Å². The van der Waals surface area contributed by atoms with E-state index in [0.29, 0.717) is 38.0 Å². The number of imide groups is 1. The fraction of sp³-hybridized carbons (Fsp3) is 0.629. The minimum Gasteiger partial charge on any atom is -0.461 e. The zero-order valence-electron chi connectivity index (χ0n) is 30.1. The summed E-state index contributed by atoms with van der Waals surface area (Å²) in [4.78, 5) is 85.0. The number of anilines is 1. The van der Waals surface area contributed by atoms with Gasteiger partial charge >= 0.3 is 12.0 Å². The monoisotopic (exact) mass is 688 g/mol. The third kappa shape index (κ3) is 16.4. The summed E-state index contributed by atoms with van der Waals surface area (Å²) >= 11 is 0. The van der Waals surface area contributed by atoms with Gasteiger partial charge in [0.05, 0.1) is 12.5 Å². The first kappa shape index (κ1) is 42.5. The molecule has 274 valence electrons. The van der Waals surface area contributed by atoms with E-state index in [9.17, 15) is 33.6 Å². The van der Waals surface area contributed by atoms with Gasteiger partial charge in [-0.25, -0.2) is 4.79 Å². The molecule has 14 nitrogen and oxygen atoms in total. The molecule has 1 fully saturated rings. The number of amides is 7. The van der Waals surface area contributed by atoms with Crippen LogP contribution in [0.25, 0.3) is 0 Å². The summed E-state index contributed by atoms with van der Waals surface area (Å²) in [6.45, 7) is 13.9. The highest BCUT2D eigenvalue weighted by molar-refractivity contribution is 6.03. The number of hydrogen-bond acceptors (Lipinski definition) is 8. The van der Waals surface area contributed by atoms with Crippen molar-refractivity contribution >= 4 is 47.2 Å². The van der Waals surface area contributed by atoms with Crippen LogP contribution in [0.4, 0.5) is 10.5 Å². The number of ether oxygens (including phenoxy) is 1. The minimum atomic E-state index is -0.800. The summed E-state index contributed by atoms with van der Waals surface area (Å²) in [5, 5.41) is 10.5. The molecule has 14 heteroatoms. The highest BCUT2D eigenvalue weighted by atomic mass is 16.5. The van der Waals surface area contributed by atoms with Crippen LogP contribution >= 0.6 is 0 Å². The molecule has 0 saturated carbocycles. The van der Waals surface area contributed by atoms with Gasteiger partial charge in [-0.1, -0.05) is 67.0 Å². The van der Waals surface area contributed by atoms with E-state index >= 15 is 0 Å². The van der Waals surface area contributed by atoms with Gasteiger partial charge in [0.25, 0.3) is 0 Å². The van der Waals surface area contributed by atoms with Gasteiger partial charge in [0.1, 0.15) is 12.6 Å². The van der Waals surface area contributed by atoms with Crippen molar-refractivity contribution in [2.24, 2.45) is 29.4 Å². The maximum atomic E-state index is 12.7. The van der Waals surface area contributed by atoms with Crippen molar-refractivity contribution in [3.05, 3.63) is 29.8 Å². The quantitative estimate of drug-likeness (QED) is 0.0877. The van der Waals surface area contributed by atoms with Crippen molar-refractivity contribution in [2.75, 3.05) is 25.0 Å². The lowest BCUT2D eigenvalue weighted by Crippen LogP contribution is -2.51.